The first-order valence-corrected chi connectivity index (χ1v) is 8.18. The van der Waals surface area contributed by atoms with Gasteiger partial charge < -0.3 is 15.2 Å². The fourth-order valence-electron chi connectivity index (χ4n) is 2.50. The number of carbonyl (C=O) groups is 2. The minimum Gasteiger partial charge on any atom is -0.481 e. The monoisotopic (exact) mass is 326 g/mol. The van der Waals surface area contributed by atoms with Crippen LogP contribution in [-0.2, 0) is 16.0 Å². The molecule has 0 spiro atoms. The van der Waals surface area contributed by atoms with Gasteiger partial charge >= 0.3 is 12.1 Å². The van der Waals surface area contributed by atoms with E-state index in [2.05, 4.69) is 10.3 Å². The highest BCUT2D eigenvalue weighted by atomic mass is 32.1. The number of carboxylic acid groups (broad SMARTS) is 1. The normalized spacial score (nSPS) is 17.6. The van der Waals surface area contributed by atoms with Crippen LogP contribution in [0.1, 0.15) is 38.5 Å². The maximum atomic E-state index is 11.9. The number of amides is 1. The molecule has 0 saturated heterocycles. The van der Waals surface area contributed by atoms with E-state index in [1.54, 1.807) is 32.5 Å². The van der Waals surface area contributed by atoms with Gasteiger partial charge in [0.05, 0.1) is 10.9 Å². The van der Waals surface area contributed by atoms with E-state index in [9.17, 15) is 14.7 Å². The third-order valence-electron chi connectivity index (χ3n) is 3.70. The van der Waals surface area contributed by atoms with Crippen LogP contribution in [0.2, 0.25) is 0 Å². The molecule has 1 aromatic rings. The van der Waals surface area contributed by atoms with Crippen molar-refractivity contribution in [2.45, 2.75) is 45.6 Å². The van der Waals surface area contributed by atoms with Gasteiger partial charge in [-0.25, -0.2) is 4.79 Å². The highest BCUT2D eigenvalue weighted by molar-refractivity contribution is 7.09. The fraction of sp³-hybridized carbons (Fsp3) is 0.667. The number of hydrogen-bond acceptors (Lipinski definition) is 5. The zero-order valence-electron chi connectivity index (χ0n) is 13.1. The first-order valence-electron chi connectivity index (χ1n) is 7.30. The van der Waals surface area contributed by atoms with Crippen molar-refractivity contribution in [1.29, 1.82) is 0 Å². The number of aliphatic carboxylic acids is 1. The van der Waals surface area contributed by atoms with Gasteiger partial charge in [0, 0.05) is 24.0 Å². The molecule has 0 aliphatic heterocycles. The average Bonchev–Trinajstić information content (AvgIpc) is 3.11. The van der Waals surface area contributed by atoms with Crippen molar-refractivity contribution in [3.8, 4) is 0 Å². The smallest absolute Gasteiger partial charge is 0.407 e. The maximum absolute atomic E-state index is 11.9. The first-order chi connectivity index (χ1) is 10.2. The van der Waals surface area contributed by atoms with Gasteiger partial charge in [0.2, 0.25) is 0 Å². The molecule has 1 aliphatic carbocycles. The summed E-state index contributed by atoms with van der Waals surface area (Å²) in [5, 5.41) is 12.4. The summed E-state index contributed by atoms with van der Waals surface area (Å²) in [6.07, 6.45) is 3.25. The standard InChI is InChI=1S/C15H22N2O4S/c1-14(2,3)21-13(20)17-8-15(12(18)19,10-4-5-10)6-11-7-16-9-22-11/h7,9-10H,4-6,8H2,1-3H3,(H,17,20)(H,18,19). The number of carbonyl (C=O) groups excluding carboxylic acids is 1. The molecular weight excluding hydrogens is 304 g/mol. The van der Waals surface area contributed by atoms with Gasteiger partial charge in [-0.3, -0.25) is 9.78 Å². The number of carboxylic acids is 1. The minimum atomic E-state index is -0.983. The highest BCUT2D eigenvalue weighted by Gasteiger charge is 2.51. The zero-order valence-corrected chi connectivity index (χ0v) is 13.9. The van der Waals surface area contributed by atoms with Gasteiger partial charge in [-0.2, -0.15) is 0 Å². The molecule has 1 atom stereocenters. The lowest BCUT2D eigenvalue weighted by atomic mass is 9.79. The lowest BCUT2D eigenvalue weighted by Gasteiger charge is -2.30. The van der Waals surface area contributed by atoms with Crippen LogP contribution >= 0.6 is 11.3 Å². The van der Waals surface area contributed by atoms with Crippen LogP contribution in [0.15, 0.2) is 11.7 Å². The van der Waals surface area contributed by atoms with Crippen molar-refractivity contribution >= 4 is 23.4 Å². The molecule has 0 aromatic carbocycles. The topological polar surface area (TPSA) is 88.5 Å². The molecule has 6 nitrogen and oxygen atoms in total. The van der Waals surface area contributed by atoms with Crippen LogP contribution < -0.4 is 5.32 Å². The predicted octanol–water partition coefficient (Wildman–Crippen LogP) is 2.69. The van der Waals surface area contributed by atoms with Crippen LogP contribution in [0.25, 0.3) is 0 Å². The van der Waals surface area contributed by atoms with Crippen molar-refractivity contribution in [2.75, 3.05) is 6.54 Å². The summed E-state index contributed by atoms with van der Waals surface area (Å²) in [6.45, 7) is 5.39. The second-order valence-corrected chi connectivity index (χ2v) is 7.71. The van der Waals surface area contributed by atoms with E-state index in [0.717, 1.165) is 17.7 Å². The van der Waals surface area contributed by atoms with Gasteiger partial charge in [0.1, 0.15) is 5.60 Å². The Morgan fingerprint density at radius 3 is 2.59 bits per heavy atom. The molecule has 0 bridgehead atoms. The number of hydrogen-bond donors (Lipinski definition) is 2. The molecule has 7 heteroatoms. The molecule has 0 radical (unpaired) electrons. The van der Waals surface area contributed by atoms with E-state index in [-0.39, 0.29) is 12.5 Å². The number of alkyl carbamates (subject to hydrolysis) is 1. The van der Waals surface area contributed by atoms with Crippen LogP contribution in [0, 0.1) is 11.3 Å². The number of nitrogens with one attached hydrogen (secondary N) is 1. The van der Waals surface area contributed by atoms with E-state index in [1.807, 2.05) is 0 Å². The molecule has 1 aliphatic rings. The van der Waals surface area contributed by atoms with Gasteiger partial charge in [0.15, 0.2) is 0 Å². The number of aromatic nitrogens is 1. The Balaban J connectivity index is 2.08. The molecule has 1 unspecified atom stereocenters. The summed E-state index contributed by atoms with van der Waals surface area (Å²) >= 11 is 1.44. The van der Waals surface area contributed by atoms with Crippen molar-refractivity contribution < 1.29 is 19.4 Å². The van der Waals surface area contributed by atoms with E-state index in [4.69, 9.17) is 4.74 Å². The largest absolute Gasteiger partial charge is 0.481 e. The van der Waals surface area contributed by atoms with Gasteiger partial charge in [-0.05, 0) is 39.5 Å². The maximum Gasteiger partial charge on any atom is 0.407 e. The molecule has 122 valence electrons. The van der Waals surface area contributed by atoms with Crippen molar-refractivity contribution in [1.82, 2.24) is 10.3 Å². The van der Waals surface area contributed by atoms with E-state index >= 15 is 0 Å². The average molecular weight is 326 g/mol. The van der Waals surface area contributed by atoms with Crippen molar-refractivity contribution in [2.24, 2.45) is 11.3 Å². The van der Waals surface area contributed by atoms with E-state index < -0.39 is 23.1 Å². The Morgan fingerprint density at radius 1 is 1.45 bits per heavy atom. The van der Waals surface area contributed by atoms with E-state index in [0.29, 0.717) is 6.42 Å². The number of nitrogens with zero attached hydrogens (tertiary/aromatic N) is 1. The molecule has 22 heavy (non-hydrogen) atoms. The summed E-state index contributed by atoms with van der Waals surface area (Å²) in [5.74, 6) is -0.790. The summed E-state index contributed by atoms with van der Waals surface area (Å²) in [6, 6.07) is 0. The van der Waals surface area contributed by atoms with Crippen LogP contribution in [0.4, 0.5) is 4.79 Å². The quantitative estimate of drug-likeness (QED) is 0.839. The Morgan fingerprint density at radius 2 is 2.14 bits per heavy atom. The van der Waals surface area contributed by atoms with Gasteiger partial charge in [0.25, 0.3) is 0 Å². The highest BCUT2D eigenvalue weighted by Crippen LogP contribution is 2.48. The van der Waals surface area contributed by atoms with Crippen LogP contribution in [0.5, 0.6) is 0 Å². The second kappa shape index (κ2) is 6.24. The molecule has 2 rings (SSSR count). The van der Waals surface area contributed by atoms with Crippen molar-refractivity contribution in [3.05, 3.63) is 16.6 Å². The molecule has 1 heterocycles. The van der Waals surface area contributed by atoms with Gasteiger partial charge in [-0.15, -0.1) is 11.3 Å². The number of thiazole rings is 1. The number of rotatable bonds is 6. The molecule has 1 aromatic heterocycles. The SMILES string of the molecule is CC(C)(C)OC(=O)NCC(Cc1cncs1)(C(=O)O)C1CC1. The molecular formula is C15H22N2O4S. The molecule has 1 fully saturated rings. The Kier molecular flexibility index (Phi) is 4.75. The summed E-state index contributed by atoms with van der Waals surface area (Å²) in [7, 11) is 0. The van der Waals surface area contributed by atoms with Crippen LogP contribution in [0.3, 0.4) is 0 Å². The number of ether oxygens (including phenoxy) is 1. The minimum absolute atomic E-state index is 0.0693. The second-order valence-electron chi connectivity index (χ2n) is 6.74. The summed E-state index contributed by atoms with van der Waals surface area (Å²) < 4.78 is 5.20. The van der Waals surface area contributed by atoms with Crippen molar-refractivity contribution in [3.63, 3.8) is 0 Å². The predicted molar refractivity (Wildman–Crippen MR) is 82.8 cm³/mol. The Labute approximate surface area is 133 Å². The Hall–Kier alpha value is -1.63. The summed E-state index contributed by atoms with van der Waals surface area (Å²) in [4.78, 5) is 28.7. The molecule has 1 saturated carbocycles. The molecule has 2 N–H and O–H groups in total. The summed E-state index contributed by atoms with van der Waals surface area (Å²) in [5.41, 5.74) is 0.104. The third kappa shape index (κ3) is 4.19. The fourth-order valence-corrected chi connectivity index (χ4v) is 3.22. The molecule has 1 amide bonds. The zero-order chi connectivity index (χ0) is 16.4. The van der Waals surface area contributed by atoms with Gasteiger partial charge in [-0.1, -0.05) is 0 Å². The van der Waals surface area contributed by atoms with E-state index in [1.165, 1.54) is 11.3 Å². The van der Waals surface area contributed by atoms with Crippen LogP contribution in [-0.4, -0.2) is 34.3 Å². The Bertz CT molecular complexity index is 534. The lowest BCUT2D eigenvalue weighted by Crippen LogP contribution is -2.47. The lowest BCUT2D eigenvalue weighted by molar-refractivity contribution is -0.150. The third-order valence-corrected chi connectivity index (χ3v) is 4.48. The first kappa shape index (κ1) is 16.7.